The van der Waals surface area contributed by atoms with Gasteiger partial charge in [-0.15, -0.1) is 11.3 Å². The van der Waals surface area contributed by atoms with Gasteiger partial charge in [0.05, 0.1) is 24.1 Å². The summed E-state index contributed by atoms with van der Waals surface area (Å²) in [7, 11) is 0. The molecule has 5 rings (SSSR count). The third-order valence-corrected chi connectivity index (χ3v) is 7.62. The van der Waals surface area contributed by atoms with Crippen molar-refractivity contribution >= 4 is 68.4 Å². The summed E-state index contributed by atoms with van der Waals surface area (Å²) in [5, 5.41) is 10.3. The molecular formula is C27H22BrClN4O3S2. The zero-order valence-corrected chi connectivity index (χ0v) is 24.2. The zero-order chi connectivity index (χ0) is 26.5. The molecule has 0 saturated heterocycles. The maximum atomic E-state index is 11.9. The van der Waals surface area contributed by atoms with Gasteiger partial charge < -0.3 is 14.8 Å². The van der Waals surface area contributed by atoms with Gasteiger partial charge in [-0.2, -0.15) is 16.9 Å². The van der Waals surface area contributed by atoms with Gasteiger partial charge in [-0.3, -0.25) is 9.79 Å². The first-order valence-corrected chi connectivity index (χ1v) is 15.0. The van der Waals surface area contributed by atoms with Crippen LogP contribution in [0, 0.1) is 0 Å². The van der Waals surface area contributed by atoms with Crippen LogP contribution in [-0.2, 0) is 4.79 Å². The molecule has 3 aromatic carbocycles. The van der Waals surface area contributed by atoms with E-state index in [2.05, 4.69) is 27.5 Å². The minimum absolute atomic E-state index is 0.0142. The van der Waals surface area contributed by atoms with Gasteiger partial charge in [-0.1, -0.05) is 33.6 Å². The van der Waals surface area contributed by atoms with Crippen LogP contribution in [0.15, 0.2) is 80.6 Å². The van der Waals surface area contributed by atoms with Crippen molar-refractivity contribution in [3.63, 3.8) is 0 Å². The third kappa shape index (κ3) is 6.32. The number of carbonyl (C=O) groups is 1. The van der Waals surface area contributed by atoms with E-state index in [1.165, 1.54) is 11.3 Å². The summed E-state index contributed by atoms with van der Waals surface area (Å²) in [6.07, 6.45) is 3.81. The van der Waals surface area contributed by atoms with Gasteiger partial charge in [0.1, 0.15) is 17.2 Å². The largest absolute Gasteiger partial charge is 0.482 e. The molecule has 4 aromatic rings. The molecule has 1 aliphatic rings. The summed E-state index contributed by atoms with van der Waals surface area (Å²) >= 11 is 12.9. The molecule has 0 atom stereocenters. The average molecular weight is 630 g/mol. The fourth-order valence-corrected chi connectivity index (χ4v) is 5.33. The molecule has 0 bridgehead atoms. The highest BCUT2D eigenvalue weighted by atomic mass is 79.9. The number of hydrogen-bond acceptors (Lipinski definition) is 7. The average Bonchev–Trinajstić information content (AvgIpc) is 3.30. The van der Waals surface area contributed by atoms with E-state index >= 15 is 0 Å². The highest BCUT2D eigenvalue weighted by molar-refractivity contribution is 9.10. The van der Waals surface area contributed by atoms with Crippen molar-refractivity contribution in [3.05, 3.63) is 85.9 Å². The van der Waals surface area contributed by atoms with Crippen LogP contribution in [0.4, 0.5) is 5.69 Å². The molecule has 0 aliphatic carbocycles. The van der Waals surface area contributed by atoms with Gasteiger partial charge >= 0.3 is 0 Å². The van der Waals surface area contributed by atoms with Crippen LogP contribution < -0.4 is 19.6 Å². The van der Waals surface area contributed by atoms with E-state index in [0.717, 1.165) is 31.8 Å². The molecule has 38 heavy (non-hydrogen) atoms. The Labute approximate surface area is 241 Å². The summed E-state index contributed by atoms with van der Waals surface area (Å²) in [6, 6.07) is 18.7. The van der Waals surface area contributed by atoms with Crippen molar-refractivity contribution < 1.29 is 14.3 Å². The Balaban J connectivity index is 1.54. The normalized spacial score (nSPS) is 13.3. The summed E-state index contributed by atoms with van der Waals surface area (Å²) in [4.78, 5) is 17.4. The number of ether oxygens (including phenoxy) is 2. The van der Waals surface area contributed by atoms with Crippen molar-refractivity contribution in [2.24, 2.45) is 10.1 Å². The number of nitrogens with one attached hydrogen (secondary N) is 1. The number of carbonyl (C=O) groups excluding carboxylic acids is 1. The second-order valence-electron chi connectivity index (χ2n) is 8.12. The van der Waals surface area contributed by atoms with Crippen LogP contribution in [-0.4, -0.2) is 42.0 Å². The molecule has 1 aromatic heterocycles. The predicted octanol–water partition coefficient (Wildman–Crippen LogP) is 6.90. The second kappa shape index (κ2) is 12.2. The lowest BCUT2D eigenvalue weighted by molar-refractivity contribution is -0.118. The fourth-order valence-electron chi connectivity index (χ4n) is 3.67. The number of nitrogens with zero attached hydrogens (tertiary/aromatic N) is 3. The SMILES string of the molecule is CSCCN=c1scc(-c2ccc3c(c2)NC(=O)CO3)n1/N=C/c1ccc(Br)cc1Oc1cccc(Cl)c1. The highest BCUT2D eigenvalue weighted by Gasteiger charge is 2.18. The maximum absolute atomic E-state index is 11.9. The molecule has 1 N–H and O–H groups in total. The smallest absolute Gasteiger partial charge is 0.262 e. The van der Waals surface area contributed by atoms with Crippen molar-refractivity contribution in [1.29, 1.82) is 0 Å². The van der Waals surface area contributed by atoms with E-state index in [0.29, 0.717) is 34.5 Å². The first kappa shape index (κ1) is 26.6. The maximum Gasteiger partial charge on any atom is 0.262 e. The van der Waals surface area contributed by atoms with Crippen LogP contribution >= 0.6 is 50.6 Å². The number of anilines is 1. The minimum Gasteiger partial charge on any atom is -0.482 e. The lowest BCUT2D eigenvalue weighted by Gasteiger charge is -2.18. The molecular weight excluding hydrogens is 608 g/mol. The molecule has 2 heterocycles. The lowest BCUT2D eigenvalue weighted by Crippen LogP contribution is -2.25. The molecule has 11 heteroatoms. The van der Waals surface area contributed by atoms with Gasteiger partial charge in [-0.05, 0) is 60.9 Å². The van der Waals surface area contributed by atoms with Crippen molar-refractivity contribution in [2.45, 2.75) is 0 Å². The van der Waals surface area contributed by atoms with E-state index < -0.39 is 0 Å². The van der Waals surface area contributed by atoms with E-state index in [-0.39, 0.29) is 12.5 Å². The Morgan fingerprint density at radius 3 is 2.97 bits per heavy atom. The van der Waals surface area contributed by atoms with Gasteiger partial charge in [0.25, 0.3) is 5.91 Å². The van der Waals surface area contributed by atoms with Crippen molar-refractivity contribution in [1.82, 2.24) is 4.68 Å². The second-order valence-corrected chi connectivity index (χ2v) is 11.3. The molecule has 194 valence electrons. The van der Waals surface area contributed by atoms with E-state index in [1.807, 2.05) is 58.6 Å². The Hall–Kier alpha value is -3.05. The molecule has 7 nitrogen and oxygen atoms in total. The molecule has 0 radical (unpaired) electrons. The standard InChI is InChI=1S/C27H22BrClN4O3S2/c1-37-10-9-30-27-33(23(16-38-27)17-6-8-24-22(11-17)32-26(34)15-35-24)31-14-18-5-7-19(28)12-25(18)36-21-4-2-3-20(29)13-21/h2-8,11-14,16H,9-10,15H2,1H3,(H,32,34)/b30-27?,31-14+. The fraction of sp³-hybridized carbons (Fsp3) is 0.148. The number of hydrogen-bond donors (Lipinski definition) is 1. The molecule has 0 spiro atoms. The first-order chi connectivity index (χ1) is 18.5. The quantitative estimate of drug-likeness (QED) is 0.170. The molecule has 0 unspecified atom stereocenters. The number of rotatable bonds is 8. The zero-order valence-electron chi connectivity index (χ0n) is 20.2. The third-order valence-electron chi connectivity index (χ3n) is 5.45. The minimum atomic E-state index is -0.180. The highest BCUT2D eigenvalue weighted by Crippen LogP contribution is 2.33. The molecule has 0 fully saturated rings. The molecule has 1 amide bonds. The monoisotopic (exact) mass is 628 g/mol. The molecule has 1 aliphatic heterocycles. The van der Waals surface area contributed by atoms with Crippen LogP contribution in [0.1, 0.15) is 5.56 Å². The number of fused-ring (bicyclic) bond motifs is 1. The Bertz CT molecular complexity index is 1580. The topological polar surface area (TPSA) is 77.2 Å². The number of thiazole rings is 1. The van der Waals surface area contributed by atoms with Crippen molar-refractivity contribution in [3.8, 4) is 28.5 Å². The summed E-state index contributed by atoms with van der Waals surface area (Å²) in [5.41, 5.74) is 3.12. The van der Waals surface area contributed by atoms with Crippen LogP contribution in [0.2, 0.25) is 5.02 Å². The Morgan fingerprint density at radius 1 is 1.24 bits per heavy atom. The number of aromatic nitrogens is 1. The van der Waals surface area contributed by atoms with Gasteiger partial charge in [0.15, 0.2) is 6.61 Å². The van der Waals surface area contributed by atoms with Crippen LogP contribution in [0.5, 0.6) is 17.2 Å². The van der Waals surface area contributed by atoms with E-state index in [9.17, 15) is 4.79 Å². The van der Waals surface area contributed by atoms with Crippen molar-refractivity contribution in [2.75, 3.05) is 30.5 Å². The van der Waals surface area contributed by atoms with Crippen LogP contribution in [0.3, 0.4) is 0 Å². The van der Waals surface area contributed by atoms with E-state index in [1.54, 1.807) is 30.1 Å². The summed E-state index contributed by atoms with van der Waals surface area (Å²) in [6.45, 7) is 0.687. The van der Waals surface area contributed by atoms with E-state index in [4.69, 9.17) is 31.2 Å². The van der Waals surface area contributed by atoms with Crippen LogP contribution in [0.25, 0.3) is 11.3 Å². The predicted molar refractivity (Wildman–Crippen MR) is 159 cm³/mol. The molecule has 0 saturated carbocycles. The summed E-state index contributed by atoms with van der Waals surface area (Å²) < 4.78 is 14.3. The number of benzene rings is 3. The van der Waals surface area contributed by atoms with Gasteiger partial charge in [0.2, 0.25) is 4.80 Å². The first-order valence-electron chi connectivity index (χ1n) is 11.5. The lowest BCUT2D eigenvalue weighted by atomic mass is 10.1. The Kier molecular flexibility index (Phi) is 8.53. The van der Waals surface area contributed by atoms with Gasteiger partial charge in [-0.25, -0.2) is 4.68 Å². The number of thioether (sulfide) groups is 1. The Morgan fingerprint density at radius 2 is 2.13 bits per heavy atom. The number of amides is 1. The summed E-state index contributed by atoms with van der Waals surface area (Å²) in [5.74, 6) is 2.61. The van der Waals surface area contributed by atoms with Gasteiger partial charge in [0, 0.05) is 31.8 Å². The number of halogens is 2.